The Kier molecular flexibility index (Phi) is 6.36. The van der Waals surface area contributed by atoms with E-state index in [-0.39, 0.29) is 25.2 Å². The van der Waals surface area contributed by atoms with Crippen LogP contribution in [0.1, 0.15) is 24.4 Å². The molecule has 3 aromatic rings. The third-order valence-corrected chi connectivity index (χ3v) is 5.33. The summed E-state index contributed by atoms with van der Waals surface area (Å²) in [6.45, 7) is -0.588. The van der Waals surface area contributed by atoms with Crippen LogP contribution in [0.2, 0.25) is 0 Å². The highest BCUT2D eigenvalue weighted by Crippen LogP contribution is 2.41. The van der Waals surface area contributed by atoms with Crippen LogP contribution in [0.15, 0.2) is 66.7 Å². The zero-order valence-electron chi connectivity index (χ0n) is 17.4. The van der Waals surface area contributed by atoms with Gasteiger partial charge in [-0.3, -0.25) is 4.79 Å². The fourth-order valence-corrected chi connectivity index (χ4v) is 3.52. The zero-order chi connectivity index (χ0) is 21.6. The van der Waals surface area contributed by atoms with Crippen molar-refractivity contribution < 1.29 is 23.8 Å². The summed E-state index contributed by atoms with van der Waals surface area (Å²) in [5, 5.41) is 5.10. The lowest BCUT2D eigenvalue weighted by Crippen LogP contribution is -2.34. The Labute approximate surface area is 181 Å². The quantitative estimate of drug-likeness (QED) is 0.530. The molecule has 4 rings (SSSR count). The van der Waals surface area contributed by atoms with Gasteiger partial charge in [0, 0.05) is 0 Å². The first-order chi connectivity index (χ1) is 15.1. The first-order valence-electron chi connectivity index (χ1n) is 10.3. The van der Waals surface area contributed by atoms with Crippen molar-refractivity contribution >= 4 is 22.6 Å². The summed E-state index contributed by atoms with van der Waals surface area (Å²) in [5.74, 6) is 0.838. The molecule has 0 aromatic heterocycles. The summed E-state index contributed by atoms with van der Waals surface area (Å²) < 4.78 is 15.8. The molecule has 1 N–H and O–H groups in total. The minimum absolute atomic E-state index is 0.0917. The number of esters is 1. The third kappa shape index (κ3) is 5.54. The highest BCUT2D eigenvalue weighted by Gasteiger charge is 2.33. The molecule has 1 unspecified atom stereocenters. The maximum Gasteiger partial charge on any atom is 0.344 e. The molecule has 1 aliphatic carbocycles. The highest BCUT2D eigenvalue weighted by molar-refractivity contribution is 5.84. The lowest BCUT2D eigenvalue weighted by Gasteiger charge is -2.19. The van der Waals surface area contributed by atoms with Gasteiger partial charge in [0.2, 0.25) is 0 Å². The Morgan fingerprint density at radius 1 is 0.935 bits per heavy atom. The molecule has 1 fully saturated rings. The maximum absolute atomic E-state index is 12.4. The number of fused-ring (bicyclic) bond motifs is 1. The molecule has 0 spiro atoms. The number of benzene rings is 3. The van der Waals surface area contributed by atoms with E-state index in [0.29, 0.717) is 11.7 Å². The maximum atomic E-state index is 12.4. The molecule has 0 radical (unpaired) electrons. The number of rotatable bonds is 9. The van der Waals surface area contributed by atoms with E-state index < -0.39 is 5.97 Å². The predicted molar refractivity (Wildman–Crippen MR) is 117 cm³/mol. The van der Waals surface area contributed by atoms with Gasteiger partial charge in [-0.1, -0.05) is 42.5 Å². The molecule has 1 aliphatic rings. The molecular formula is C25H25NO5. The SMILES string of the molecule is COc1ccc(C(NC(=O)COC(=O)COc2ccc3ccccc3c2)C2CC2)cc1. The van der Waals surface area contributed by atoms with E-state index in [1.807, 2.05) is 60.7 Å². The van der Waals surface area contributed by atoms with E-state index in [2.05, 4.69) is 5.32 Å². The standard InChI is InChI=1S/C25H25NO5/c1-29-21-11-9-19(10-12-21)25(18-6-7-18)26-23(27)15-31-24(28)16-30-22-13-8-17-4-2-3-5-20(17)14-22/h2-5,8-14,18,25H,6-7,15-16H2,1H3,(H,26,27). The molecule has 1 atom stereocenters. The summed E-state index contributed by atoms with van der Waals surface area (Å²) in [7, 11) is 1.62. The lowest BCUT2D eigenvalue weighted by atomic mass is 10.0. The van der Waals surface area contributed by atoms with Crippen molar-refractivity contribution in [3.05, 3.63) is 72.3 Å². The summed E-state index contributed by atoms with van der Waals surface area (Å²) in [6, 6.07) is 21.1. The van der Waals surface area contributed by atoms with Crippen LogP contribution in [0.4, 0.5) is 0 Å². The molecule has 6 nitrogen and oxygen atoms in total. The van der Waals surface area contributed by atoms with Gasteiger partial charge in [0.25, 0.3) is 5.91 Å². The van der Waals surface area contributed by atoms with Gasteiger partial charge in [-0.15, -0.1) is 0 Å². The number of carbonyl (C=O) groups excluding carboxylic acids is 2. The van der Waals surface area contributed by atoms with Crippen LogP contribution in [-0.2, 0) is 14.3 Å². The van der Waals surface area contributed by atoms with Crippen LogP contribution in [0, 0.1) is 5.92 Å². The molecule has 0 bridgehead atoms. The van der Waals surface area contributed by atoms with Gasteiger partial charge < -0.3 is 19.5 Å². The van der Waals surface area contributed by atoms with Crippen LogP contribution in [-0.4, -0.2) is 32.2 Å². The molecule has 0 heterocycles. The molecule has 0 aliphatic heterocycles. The Morgan fingerprint density at radius 3 is 2.35 bits per heavy atom. The molecule has 3 aromatic carbocycles. The largest absolute Gasteiger partial charge is 0.497 e. The van der Waals surface area contributed by atoms with Crippen molar-refractivity contribution in [2.45, 2.75) is 18.9 Å². The van der Waals surface area contributed by atoms with Crippen molar-refractivity contribution in [3.63, 3.8) is 0 Å². The van der Waals surface area contributed by atoms with Crippen LogP contribution in [0.25, 0.3) is 10.8 Å². The van der Waals surface area contributed by atoms with Gasteiger partial charge in [0.1, 0.15) is 11.5 Å². The summed E-state index contributed by atoms with van der Waals surface area (Å²) in [6.07, 6.45) is 2.13. The molecule has 31 heavy (non-hydrogen) atoms. The normalized spacial score (nSPS) is 14.0. The first kappa shape index (κ1) is 20.7. The number of methoxy groups -OCH3 is 1. The summed E-state index contributed by atoms with van der Waals surface area (Å²) in [5.41, 5.74) is 1.02. The second kappa shape index (κ2) is 9.51. The summed E-state index contributed by atoms with van der Waals surface area (Å²) in [4.78, 5) is 24.4. The lowest BCUT2D eigenvalue weighted by molar-refractivity contribution is -0.150. The number of ether oxygens (including phenoxy) is 3. The molecule has 1 amide bonds. The second-order valence-electron chi connectivity index (χ2n) is 7.61. The topological polar surface area (TPSA) is 73.9 Å². The highest BCUT2D eigenvalue weighted by atomic mass is 16.6. The van der Waals surface area contributed by atoms with Gasteiger partial charge in [-0.25, -0.2) is 4.79 Å². The van der Waals surface area contributed by atoms with E-state index in [4.69, 9.17) is 14.2 Å². The smallest absolute Gasteiger partial charge is 0.344 e. The fraction of sp³-hybridized carbons (Fsp3) is 0.280. The number of hydrogen-bond donors (Lipinski definition) is 1. The van der Waals surface area contributed by atoms with Gasteiger partial charge in [-0.2, -0.15) is 0 Å². The van der Waals surface area contributed by atoms with Crippen LogP contribution in [0.5, 0.6) is 11.5 Å². The monoisotopic (exact) mass is 419 g/mol. The average Bonchev–Trinajstić information content (AvgIpc) is 3.65. The van der Waals surface area contributed by atoms with E-state index >= 15 is 0 Å². The molecule has 0 saturated heterocycles. The minimum atomic E-state index is -0.587. The van der Waals surface area contributed by atoms with E-state index in [9.17, 15) is 9.59 Å². The number of nitrogens with one attached hydrogen (secondary N) is 1. The van der Waals surface area contributed by atoms with Crippen LogP contribution >= 0.6 is 0 Å². The van der Waals surface area contributed by atoms with Crippen molar-refractivity contribution in [1.29, 1.82) is 0 Å². The predicted octanol–water partition coefficient (Wildman–Crippen LogP) is 4.04. The number of hydrogen-bond acceptors (Lipinski definition) is 5. The molecular weight excluding hydrogens is 394 g/mol. The van der Waals surface area contributed by atoms with Crippen LogP contribution < -0.4 is 14.8 Å². The second-order valence-corrected chi connectivity index (χ2v) is 7.61. The Bertz CT molecular complexity index is 1060. The Morgan fingerprint density at radius 2 is 1.65 bits per heavy atom. The Balaban J connectivity index is 1.25. The Hall–Kier alpha value is -3.54. The number of amides is 1. The van der Waals surface area contributed by atoms with Gasteiger partial charge in [0.05, 0.1) is 13.2 Å². The fourth-order valence-electron chi connectivity index (χ4n) is 3.52. The van der Waals surface area contributed by atoms with Crippen LogP contribution in [0.3, 0.4) is 0 Å². The molecule has 1 saturated carbocycles. The van der Waals surface area contributed by atoms with Crippen molar-refractivity contribution in [1.82, 2.24) is 5.32 Å². The first-order valence-corrected chi connectivity index (χ1v) is 10.3. The average molecular weight is 419 g/mol. The van der Waals surface area contributed by atoms with E-state index in [0.717, 1.165) is 34.9 Å². The molecule has 160 valence electrons. The van der Waals surface area contributed by atoms with Gasteiger partial charge in [0.15, 0.2) is 13.2 Å². The molecule has 6 heteroatoms. The minimum Gasteiger partial charge on any atom is -0.497 e. The van der Waals surface area contributed by atoms with Gasteiger partial charge in [-0.05, 0) is 59.4 Å². The third-order valence-electron chi connectivity index (χ3n) is 5.33. The number of carbonyl (C=O) groups is 2. The van der Waals surface area contributed by atoms with Crippen molar-refractivity contribution in [2.75, 3.05) is 20.3 Å². The summed E-state index contributed by atoms with van der Waals surface area (Å²) >= 11 is 0. The van der Waals surface area contributed by atoms with Crippen molar-refractivity contribution in [2.24, 2.45) is 5.92 Å². The van der Waals surface area contributed by atoms with E-state index in [1.165, 1.54) is 0 Å². The van der Waals surface area contributed by atoms with Gasteiger partial charge >= 0.3 is 5.97 Å². The zero-order valence-corrected chi connectivity index (χ0v) is 17.4. The van der Waals surface area contributed by atoms with Crippen molar-refractivity contribution in [3.8, 4) is 11.5 Å². The van der Waals surface area contributed by atoms with E-state index in [1.54, 1.807) is 13.2 Å².